The van der Waals surface area contributed by atoms with Gasteiger partial charge in [-0.1, -0.05) is 6.08 Å². The first-order valence-corrected chi connectivity index (χ1v) is 11.4. The lowest BCUT2D eigenvalue weighted by Crippen LogP contribution is -2.59. The largest absolute Gasteiger partial charge is 0.478 e. The zero-order chi connectivity index (χ0) is 23.1. The van der Waals surface area contributed by atoms with Gasteiger partial charge in [0.2, 0.25) is 10.0 Å². The first-order valence-electron chi connectivity index (χ1n) is 9.96. The Kier molecular flexibility index (Phi) is 5.79. The average molecular weight is 465 g/mol. The third kappa shape index (κ3) is 4.26. The third-order valence-electron chi connectivity index (χ3n) is 5.42. The Morgan fingerprint density at radius 1 is 1.25 bits per heavy atom. The predicted octanol–water partition coefficient (Wildman–Crippen LogP) is -0.482. The van der Waals surface area contributed by atoms with Gasteiger partial charge in [-0.05, 0) is 25.1 Å². The van der Waals surface area contributed by atoms with Gasteiger partial charge in [-0.15, -0.1) is 0 Å². The van der Waals surface area contributed by atoms with E-state index in [1.807, 2.05) is 0 Å². The minimum Gasteiger partial charge on any atom is -0.478 e. The summed E-state index contributed by atoms with van der Waals surface area (Å²) in [6.45, 7) is 3.18. The van der Waals surface area contributed by atoms with Crippen molar-refractivity contribution in [2.24, 2.45) is 5.92 Å². The van der Waals surface area contributed by atoms with Gasteiger partial charge in [-0.3, -0.25) is 13.9 Å². The van der Waals surface area contributed by atoms with E-state index in [4.69, 9.17) is 14.6 Å². The normalized spacial score (nSPS) is 18.5. The zero-order valence-corrected chi connectivity index (χ0v) is 18.1. The second-order valence-electron chi connectivity index (χ2n) is 8.29. The number of carboxylic acid groups (broad SMARTS) is 1. The lowest BCUT2D eigenvalue weighted by Gasteiger charge is -2.38. The van der Waals surface area contributed by atoms with Crippen molar-refractivity contribution < 1.29 is 27.8 Å². The van der Waals surface area contributed by atoms with Crippen LogP contribution in [-0.4, -0.2) is 60.6 Å². The molecule has 0 radical (unpaired) electrons. The fourth-order valence-corrected chi connectivity index (χ4v) is 5.07. The summed E-state index contributed by atoms with van der Waals surface area (Å²) in [5.41, 5.74) is -1.71. The Bertz CT molecular complexity index is 1320. The van der Waals surface area contributed by atoms with Gasteiger partial charge >= 0.3 is 11.7 Å². The maximum absolute atomic E-state index is 13.1. The van der Waals surface area contributed by atoms with Crippen LogP contribution in [-0.2, 0) is 37.4 Å². The fraction of sp³-hybridized carbons (Fsp3) is 0.450. The van der Waals surface area contributed by atoms with Crippen LogP contribution >= 0.6 is 0 Å². The van der Waals surface area contributed by atoms with E-state index in [2.05, 4.69) is 4.72 Å². The van der Waals surface area contributed by atoms with Crippen LogP contribution < -0.4 is 16.0 Å². The van der Waals surface area contributed by atoms with E-state index >= 15 is 0 Å². The number of hydrogen-bond donors (Lipinski definition) is 2. The molecule has 1 aromatic heterocycles. The van der Waals surface area contributed by atoms with Gasteiger partial charge < -0.3 is 14.6 Å². The summed E-state index contributed by atoms with van der Waals surface area (Å²) in [7, 11) is -3.94. The maximum Gasteiger partial charge on any atom is 0.331 e. The van der Waals surface area contributed by atoms with Crippen LogP contribution in [0, 0.1) is 5.92 Å². The highest BCUT2D eigenvalue weighted by Gasteiger charge is 2.38. The molecule has 0 aliphatic carbocycles. The Balaban J connectivity index is 1.83. The van der Waals surface area contributed by atoms with E-state index < -0.39 is 32.8 Å². The molecule has 0 saturated carbocycles. The molecule has 0 unspecified atom stereocenters. The summed E-state index contributed by atoms with van der Waals surface area (Å²) in [4.78, 5) is 36.8. The van der Waals surface area contributed by atoms with Gasteiger partial charge in [-0.25, -0.2) is 22.7 Å². The van der Waals surface area contributed by atoms with Crippen LogP contribution in [0.25, 0.3) is 10.9 Å². The number of aromatic nitrogens is 2. The number of benzene rings is 1. The van der Waals surface area contributed by atoms with E-state index in [-0.39, 0.29) is 42.5 Å². The Labute approximate surface area is 182 Å². The first-order chi connectivity index (χ1) is 15.1. The summed E-state index contributed by atoms with van der Waals surface area (Å²) >= 11 is 0. The van der Waals surface area contributed by atoms with Gasteiger partial charge in [0.1, 0.15) is 0 Å². The van der Waals surface area contributed by atoms with Gasteiger partial charge in [-0.2, -0.15) is 0 Å². The molecular formula is C20H23N3O8S. The number of nitrogens with one attached hydrogen (secondary N) is 1. The molecule has 2 aliphatic heterocycles. The molecule has 172 valence electrons. The summed E-state index contributed by atoms with van der Waals surface area (Å²) < 4.78 is 40.9. The molecule has 1 aromatic carbocycles. The predicted molar refractivity (Wildman–Crippen MR) is 113 cm³/mol. The molecule has 3 heterocycles. The number of carbonyl (C=O) groups is 1. The molecular weight excluding hydrogens is 442 g/mol. The molecule has 2 aliphatic rings. The first kappa shape index (κ1) is 22.4. The highest BCUT2D eigenvalue weighted by molar-refractivity contribution is 7.89. The topological polar surface area (TPSA) is 146 Å². The smallest absolute Gasteiger partial charge is 0.331 e. The van der Waals surface area contributed by atoms with Gasteiger partial charge in [0.25, 0.3) is 5.56 Å². The van der Waals surface area contributed by atoms with Crippen LogP contribution in [0.15, 0.2) is 44.8 Å². The lowest BCUT2D eigenvalue weighted by atomic mass is 10.0. The SMILES string of the molecule is CC1(NS(=O)(=O)c2ccc3c(c2)c(=O)n(C/C=C/C(=O)O)c(=O)n3CC2COC2)COC1. The average Bonchev–Trinajstić information content (AvgIpc) is 2.67. The van der Waals surface area contributed by atoms with Crippen molar-refractivity contribution in [3.63, 3.8) is 0 Å². The number of ether oxygens (including phenoxy) is 2. The summed E-state index contributed by atoms with van der Waals surface area (Å²) in [6, 6.07) is 4.05. The number of carboxylic acids is 1. The number of fused-ring (bicyclic) bond motifs is 1. The highest BCUT2D eigenvalue weighted by atomic mass is 32.2. The second kappa shape index (κ2) is 8.28. The number of nitrogens with zero attached hydrogens (tertiary/aromatic N) is 2. The van der Waals surface area contributed by atoms with Crippen molar-refractivity contribution in [2.75, 3.05) is 26.4 Å². The van der Waals surface area contributed by atoms with Crippen LogP contribution in [0.4, 0.5) is 0 Å². The third-order valence-corrected chi connectivity index (χ3v) is 7.06. The maximum atomic E-state index is 13.1. The lowest BCUT2D eigenvalue weighted by molar-refractivity contribution is -0.131. The van der Waals surface area contributed by atoms with Crippen molar-refractivity contribution in [2.45, 2.75) is 30.4 Å². The van der Waals surface area contributed by atoms with Crippen molar-refractivity contribution in [1.82, 2.24) is 13.9 Å². The Morgan fingerprint density at radius 3 is 2.53 bits per heavy atom. The minimum atomic E-state index is -3.94. The monoisotopic (exact) mass is 465 g/mol. The standard InChI is InChI=1S/C20H23N3O8S/c1-20(11-31-12-20)21-32(28,29)14-4-5-16-15(7-14)18(26)22(6-2-3-17(24)25)19(27)23(16)8-13-9-30-10-13/h2-5,7,13,21H,6,8-12H2,1H3,(H,24,25)/b3-2+. The number of aliphatic carboxylic acids is 1. The van der Waals surface area contributed by atoms with Crippen molar-refractivity contribution >= 4 is 26.9 Å². The second-order valence-corrected chi connectivity index (χ2v) is 9.97. The van der Waals surface area contributed by atoms with Crippen molar-refractivity contribution in [3.05, 3.63) is 51.2 Å². The van der Waals surface area contributed by atoms with Crippen LogP contribution in [0.3, 0.4) is 0 Å². The van der Waals surface area contributed by atoms with Crippen molar-refractivity contribution in [3.8, 4) is 0 Å². The van der Waals surface area contributed by atoms with Crippen LogP contribution in [0.1, 0.15) is 6.92 Å². The van der Waals surface area contributed by atoms with E-state index in [9.17, 15) is 22.8 Å². The molecule has 11 nitrogen and oxygen atoms in total. The molecule has 0 bridgehead atoms. The van der Waals surface area contributed by atoms with E-state index in [1.165, 1.54) is 28.8 Å². The number of sulfonamides is 1. The number of rotatable bonds is 8. The molecule has 2 N–H and O–H groups in total. The molecule has 0 amide bonds. The fourth-order valence-electron chi connectivity index (χ4n) is 3.66. The molecule has 0 spiro atoms. The molecule has 2 saturated heterocycles. The van der Waals surface area contributed by atoms with Gasteiger partial charge in [0.15, 0.2) is 0 Å². The summed E-state index contributed by atoms with van der Waals surface area (Å²) in [5, 5.41) is 8.85. The number of hydrogen-bond acceptors (Lipinski definition) is 7. The molecule has 2 aromatic rings. The van der Waals surface area contributed by atoms with Gasteiger partial charge in [0.05, 0.1) is 47.8 Å². The molecule has 32 heavy (non-hydrogen) atoms. The highest BCUT2D eigenvalue weighted by Crippen LogP contribution is 2.22. The molecule has 12 heteroatoms. The van der Waals surface area contributed by atoms with E-state index in [1.54, 1.807) is 6.92 Å². The Hall–Kier alpha value is -2.80. The Morgan fingerprint density at radius 2 is 1.97 bits per heavy atom. The minimum absolute atomic E-state index is 0.0476. The molecule has 4 rings (SSSR count). The van der Waals surface area contributed by atoms with Crippen LogP contribution in [0.2, 0.25) is 0 Å². The molecule has 0 atom stereocenters. The van der Waals surface area contributed by atoms with E-state index in [0.29, 0.717) is 18.7 Å². The van der Waals surface area contributed by atoms with Gasteiger partial charge in [0, 0.05) is 25.1 Å². The van der Waals surface area contributed by atoms with Crippen molar-refractivity contribution in [1.29, 1.82) is 0 Å². The summed E-state index contributed by atoms with van der Waals surface area (Å²) in [5.74, 6) is -1.13. The number of allylic oxidation sites excluding steroid dienone is 1. The van der Waals surface area contributed by atoms with Crippen LogP contribution in [0.5, 0.6) is 0 Å². The quantitative estimate of drug-likeness (QED) is 0.497. The zero-order valence-electron chi connectivity index (χ0n) is 17.3. The molecule has 2 fully saturated rings. The van der Waals surface area contributed by atoms with E-state index in [0.717, 1.165) is 10.6 Å². The summed E-state index contributed by atoms with van der Waals surface area (Å²) in [6.07, 6.45) is 2.03.